The molecule has 0 aliphatic carbocycles. The molecule has 6 heteroatoms. The van der Waals surface area contributed by atoms with Gasteiger partial charge >= 0.3 is 5.97 Å². The first-order valence-corrected chi connectivity index (χ1v) is 6.25. The maximum Gasteiger partial charge on any atom is 0.309 e. The summed E-state index contributed by atoms with van der Waals surface area (Å²) in [5.41, 5.74) is 7.10. The highest BCUT2D eigenvalue weighted by Gasteiger charge is 2.05. The number of benzene rings is 1. The van der Waals surface area contributed by atoms with E-state index >= 15 is 0 Å². The maximum absolute atomic E-state index is 11.5. The second-order valence-electron chi connectivity index (χ2n) is 4.35. The van der Waals surface area contributed by atoms with Gasteiger partial charge in [0.1, 0.15) is 12.4 Å². The normalized spacial score (nSPS) is 10.2. The van der Waals surface area contributed by atoms with Crippen molar-refractivity contribution in [2.75, 3.05) is 12.3 Å². The minimum absolute atomic E-state index is 0.199. The van der Waals surface area contributed by atoms with Crippen molar-refractivity contribution in [3.05, 3.63) is 42.2 Å². The average Bonchev–Trinajstić information content (AvgIpc) is 2.85. The zero-order chi connectivity index (χ0) is 14.4. The van der Waals surface area contributed by atoms with E-state index in [4.69, 9.17) is 15.2 Å². The fourth-order valence-electron chi connectivity index (χ4n) is 1.60. The van der Waals surface area contributed by atoms with Crippen LogP contribution in [0.15, 0.2) is 36.7 Å². The Hall–Kier alpha value is -2.50. The zero-order valence-electron chi connectivity index (χ0n) is 11.3. The summed E-state index contributed by atoms with van der Waals surface area (Å²) >= 11 is 0. The summed E-state index contributed by atoms with van der Waals surface area (Å²) in [6.45, 7) is 0.504. The van der Waals surface area contributed by atoms with Crippen molar-refractivity contribution >= 4 is 11.7 Å². The van der Waals surface area contributed by atoms with E-state index in [0.29, 0.717) is 11.4 Å². The summed E-state index contributed by atoms with van der Waals surface area (Å²) in [6, 6.07) is 7.01. The lowest BCUT2D eigenvalue weighted by Crippen LogP contribution is -2.09. The second kappa shape index (κ2) is 6.60. The molecule has 1 aromatic heterocycles. The minimum Gasteiger partial charge on any atom is -0.493 e. The number of nitrogens with zero attached hydrogens (tertiary/aromatic N) is 2. The molecule has 2 rings (SSSR count). The molecule has 6 nitrogen and oxygen atoms in total. The predicted octanol–water partition coefficient (Wildman–Crippen LogP) is 1.51. The summed E-state index contributed by atoms with van der Waals surface area (Å²) in [5.74, 6) is 0.378. The quantitative estimate of drug-likeness (QED) is 0.638. The molecule has 0 saturated heterocycles. The Kier molecular flexibility index (Phi) is 4.60. The third-order valence-corrected chi connectivity index (χ3v) is 2.61. The van der Waals surface area contributed by atoms with Gasteiger partial charge in [-0.15, -0.1) is 0 Å². The molecule has 0 amide bonds. The van der Waals surface area contributed by atoms with E-state index in [0.717, 1.165) is 5.56 Å². The van der Waals surface area contributed by atoms with Crippen molar-refractivity contribution in [3.63, 3.8) is 0 Å². The molecule has 0 atom stereocenters. The van der Waals surface area contributed by atoms with E-state index in [9.17, 15) is 4.79 Å². The summed E-state index contributed by atoms with van der Waals surface area (Å²) in [5, 5.41) is 3.99. The van der Waals surface area contributed by atoms with Crippen LogP contribution in [0.5, 0.6) is 5.75 Å². The lowest BCUT2D eigenvalue weighted by Gasteiger charge is -2.06. The molecule has 0 radical (unpaired) electrons. The van der Waals surface area contributed by atoms with E-state index < -0.39 is 0 Å². The molecule has 0 aliphatic rings. The van der Waals surface area contributed by atoms with Crippen molar-refractivity contribution in [3.8, 4) is 5.75 Å². The largest absolute Gasteiger partial charge is 0.493 e. The molecule has 20 heavy (non-hydrogen) atoms. The van der Waals surface area contributed by atoms with E-state index in [2.05, 4.69) is 5.10 Å². The Bertz CT molecular complexity index is 563. The van der Waals surface area contributed by atoms with Crippen LogP contribution in [0, 0.1) is 0 Å². The first kappa shape index (κ1) is 13.9. The molecule has 0 fully saturated rings. The summed E-state index contributed by atoms with van der Waals surface area (Å²) in [4.78, 5) is 11.5. The van der Waals surface area contributed by atoms with Gasteiger partial charge in [-0.2, -0.15) is 5.10 Å². The fourth-order valence-corrected chi connectivity index (χ4v) is 1.60. The lowest BCUT2D eigenvalue weighted by molar-refractivity contribution is -0.145. The molecule has 2 aromatic rings. The van der Waals surface area contributed by atoms with Crippen molar-refractivity contribution in [1.82, 2.24) is 9.78 Å². The van der Waals surface area contributed by atoms with Gasteiger partial charge in [-0.1, -0.05) is 0 Å². The number of aromatic nitrogens is 2. The maximum atomic E-state index is 11.5. The SMILES string of the molecule is Cn1cc(COC(=O)CCOc2ccc(N)cc2)cn1. The highest BCUT2D eigenvalue weighted by Crippen LogP contribution is 2.13. The number of rotatable bonds is 6. The minimum atomic E-state index is -0.302. The molecule has 106 valence electrons. The van der Waals surface area contributed by atoms with E-state index in [1.807, 2.05) is 7.05 Å². The third kappa shape index (κ3) is 4.31. The average molecular weight is 275 g/mol. The molecule has 0 unspecified atom stereocenters. The topological polar surface area (TPSA) is 79.4 Å². The number of hydrogen-bond donors (Lipinski definition) is 1. The van der Waals surface area contributed by atoms with Crippen molar-refractivity contribution in [2.24, 2.45) is 7.05 Å². The van der Waals surface area contributed by atoms with Gasteiger partial charge in [0, 0.05) is 24.5 Å². The predicted molar refractivity (Wildman–Crippen MR) is 74.0 cm³/mol. The van der Waals surface area contributed by atoms with Gasteiger partial charge in [0.05, 0.1) is 19.2 Å². The van der Waals surface area contributed by atoms with Crippen LogP contribution < -0.4 is 10.5 Å². The number of carbonyl (C=O) groups excluding carboxylic acids is 1. The molecule has 1 heterocycles. The first-order chi connectivity index (χ1) is 9.63. The van der Waals surface area contributed by atoms with Gasteiger partial charge in [-0.3, -0.25) is 9.48 Å². The van der Waals surface area contributed by atoms with Crippen LogP contribution in [0.4, 0.5) is 5.69 Å². The number of nitrogens with two attached hydrogens (primary N) is 1. The Balaban J connectivity index is 1.66. The van der Waals surface area contributed by atoms with E-state index in [1.54, 1.807) is 41.3 Å². The van der Waals surface area contributed by atoms with Gasteiger partial charge in [0.15, 0.2) is 0 Å². The Morgan fingerprint density at radius 1 is 1.35 bits per heavy atom. The number of esters is 1. The van der Waals surface area contributed by atoms with E-state index in [-0.39, 0.29) is 25.6 Å². The molecule has 2 N–H and O–H groups in total. The smallest absolute Gasteiger partial charge is 0.309 e. The third-order valence-electron chi connectivity index (χ3n) is 2.61. The first-order valence-electron chi connectivity index (χ1n) is 6.25. The van der Waals surface area contributed by atoms with Gasteiger partial charge in [0.2, 0.25) is 0 Å². The van der Waals surface area contributed by atoms with Crippen molar-refractivity contribution in [1.29, 1.82) is 0 Å². The number of nitrogen functional groups attached to an aromatic ring is 1. The van der Waals surface area contributed by atoms with Gasteiger partial charge < -0.3 is 15.2 Å². The lowest BCUT2D eigenvalue weighted by atomic mass is 10.3. The Morgan fingerprint density at radius 2 is 2.10 bits per heavy atom. The zero-order valence-corrected chi connectivity index (χ0v) is 11.3. The molecular weight excluding hydrogens is 258 g/mol. The fraction of sp³-hybridized carbons (Fsp3) is 0.286. The number of anilines is 1. The van der Waals surface area contributed by atoms with Crippen LogP contribution in [-0.2, 0) is 23.2 Å². The second-order valence-corrected chi connectivity index (χ2v) is 4.35. The van der Waals surface area contributed by atoms with Crippen LogP contribution in [0.25, 0.3) is 0 Å². The van der Waals surface area contributed by atoms with Crippen LogP contribution in [-0.4, -0.2) is 22.4 Å². The summed E-state index contributed by atoms with van der Waals surface area (Å²) in [7, 11) is 1.81. The highest BCUT2D eigenvalue weighted by molar-refractivity contribution is 5.69. The molecule has 0 bridgehead atoms. The molecule has 0 spiro atoms. The number of aryl methyl sites for hydroxylation is 1. The van der Waals surface area contributed by atoms with Crippen LogP contribution in [0.2, 0.25) is 0 Å². The summed E-state index contributed by atoms with van der Waals surface area (Å²) in [6.07, 6.45) is 3.67. The summed E-state index contributed by atoms with van der Waals surface area (Å²) < 4.78 is 12.2. The van der Waals surface area contributed by atoms with Gasteiger partial charge in [-0.05, 0) is 24.3 Å². The van der Waals surface area contributed by atoms with Crippen LogP contribution >= 0.6 is 0 Å². The Morgan fingerprint density at radius 3 is 2.75 bits per heavy atom. The highest BCUT2D eigenvalue weighted by atomic mass is 16.5. The molecule has 0 saturated carbocycles. The van der Waals surface area contributed by atoms with Crippen LogP contribution in [0.1, 0.15) is 12.0 Å². The number of ether oxygens (including phenoxy) is 2. The molecule has 1 aromatic carbocycles. The van der Waals surface area contributed by atoms with Crippen molar-refractivity contribution < 1.29 is 14.3 Å². The Labute approximate surface area is 117 Å². The molecular formula is C14H17N3O3. The number of hydrogen-bond acceptors (Lipinski definition) is 5. The monoisotopic (exact) mass is 275 g/mol. The van der Waals surface area contributed by atoms with E-state index in [1.165, 1.54) is 0 Å². The van der Waals surface area contributed by atoms with Gasteiger partial charge in [0.25, 0.3) is 0 Å². The standard InChI is InChI=1S/C14H17N3O3/c1-17-9-11(8-16-17)10-20-14(18)6-7-19-13-4-2-12(15)3-5-13/h2-5,8-9H,6-7,10,15H2,1H3. The molecule has 0 aliphatic heterocycles. The number of carbonyl (C=O) groups is 1. The van der Waals surface area contributed by atoms with Gasteiger partial charge in [-0.25, -0.2) is 0 Å². The van der Waals surface area contributed by atoms with Crippen molar-refractivity contribution in [2.45, 2.75) is 13.0 Å². The van der Waals surface area contributed by atoms with Crippen LogP contribution in [0.3, 0.4) is 0 Å².